The molecule has 1 aliphatic rings. The molecule has 0 radical (unpaired) electrons. The van der Waals surface area contributed by atoms with Gasteiger partial charge in [0, 0.05) is 25.3 Å². The van der Waals surface area contributed by atoms with E-state index in [2.05, 4.69) is 33.9 Å². The summed E-state index contributed by atoms with van der Waals surface area (Å²) in [4.78, 5) is 3.43. The molecule has 7 heteroatoms. The number of hydrogen-bond donors (Lipinski definition) is 2. The molecule has 1 aromatic carbocycles. The Morgan fingerprint density at radius 2 is 1.76 bits per heavy atom. The highest BCUT2D eigenvalue weighted by atomic mass is 32.2. The van der Waals surface area contributed by atoms with Crippen molar-refractivity contribution in [1.29, 1.82) is 0 Å². The van der Waals surface area contributed by atoms with Crippen molar-refractivity contribution in [3.8, 4) is 0 Å². The van der Waals surface area contributed by atoms with Gasteiger partial charge in [-0.3, -0.25) is 0 Å². The molecule has 0 bridgehead atoms. The monoisotopic (exact) mass is 370 g/mol. The molecule has 0 aliphatic carbocycles. The summed E-state index contributed by atoms with van der Waals surface area (Å²) in [5, 5.41) is 0. The van der Waals surface area contributed by atoms with E-state index in [0.717, 1.165) is 37.6 Å². The van der Waals surface area contributed by atoms with Gasteiger partial charge >= 0.3 is 0 Å². The number of quaternary nitrogens is 1. The van der Waals surface area contributed by atoms with Gasteiger partial charge in [-0.1, -0.05) is 26.0 Å². The third kappa shape index (κ3) is 6.26. The first-order chi connectivity index (χ1) is 11.8. The van der Waals surface area contributed by atoms with Crippen molar-refractivity contribution in [3.63, 3.8) is 0 Å². The first-order valence-corrected chi connectivity index (χ1v) is 10.6. The fourth-order valence-electron chi connectivity index (χ4n) is 3.19. The lowest BCUT2D eigenvalue weighted by atomic mass is 10.0. The fraction of sp³-hybridized carbons (Fsp3) is 0.667. The van der Waals surface area contributed by atoms with Crippen molar-refractivity contribution in [2.75, 3.05) is 57.6 Å². The first-order valence-electron chi connectivity index (χ1n) is 8.95. The Labute approximate surface area is 152 Å². The molecule has 2 rings (SSSR count). The van der Waals surface area contributed by atoms with Crippen LogP contribution in [0.15, 0.2) is 24.3 Å². The summed E-state index contributed by atoms with van der Waals surface area (Å²) in [6.45, 7) is 7.50. The third-order valence-electron chi connectivity index (χ3n) is 4.50. The maximum Gasteiger partial charge on any atom is 0.212 e. The van der Waals surface area contributed by atoms with E-state index in [9.17, 15) is 8.42 Å². The zero-order valence-electron chi connectivity index (χ0n) is 15.8. The van der Waals surface area contributed by atoms with Crippen LogP contribution in [-0.4, -0.2) is 61.1 Å². The largest absolute Gasteiger partial charge is 0.378 e. The number of rotatable bonds is 8. The summed E-state index contributed by atoms with van der Waals surface area (Å²) in [6, 6.07) is 8.50. The van der Waals surface area contributed by atoms with Crippen LogP contribution in [0.1, 0.15) is 25.5 Å². The summed E-state index contributed by atoms with van der Waals surface area (Å²) in [7, 11) is 0.780. The molecular formula is C18H32N3O3S+. The van der Waals surface area contributed by atoms with E-state index in [4.69, 9.17) is 4.74 Å². The lowest BCUT2D eigenvalue weighted by Crippen LogP contribution is -3.15. The van der Waals surface area contributed by atoms with E-state index in [1.54, 1.807) is 0 Å². The predicted molar refractivity (Wildman–Crippen MR) is 102 cm³/mol. The van der Waals surface area contributed by atoms with E-state index in [0.29, 0.717) is 6.54 Å². The Kier molecular flexibility index (Phi) is 7.25. The van der Waals surface area contributed by atoms with Crippen LogP contribution in [0.25, 0.3) is 0 Å². The standard InChI is InChI=1S/C18H31N3O3S/c1-15(2)14-25(22,23)19-13-18(21-9-11-24-12-10-21)16-5-7-17(8-6-16)20(3)4/h5-8,15,18-19H,9-14H2,1-4H3/p+1/t18-/m0/s1. The zero-order chi connectivity index (χ0) is 18.4. The molecule has 0 unspecified atom stereocenters. The molecule has 1 aromatic rings. The molecule has 1 fully saturated rings. The van der Waals surface area contributed by atoms with Crippen LogP contribution >= 0.6 is 0 Å². The van der Waals surface area contributed by atoms with E-state index >= 15 is 0 Å². The minimum Gasteiger partial charge on any atom is -0.378 e. The Balaban J connectivity index is 2.15. The van der Waals surface area contributed by atoms with Crippen molar-refractivity contribution >= 4 is 15.7 Å². The maximum absolute atomic E-state index is 12.3. The van der Waals surface area contributed by atoms with Crippen molar-refractivity contribution in [3.05, 3.63) is 29.8 Å². The van der Waals surface area contributed by atoms with E-state index in [-0.39, 0.29) is 17.7 Å². The van der Waals surface area contributed by atoms with E-state index in [1.165, 1.54) is 4.90 Å². The highest BCUT2D eigenvalue weighted by Gasteiger charge is 2.28. The molecule has 1 saturated heterocycles. The van der Waals surface area contributed by atoms with Crippen molar-refractivity contribution in [1.82, 2.24) is 4.72 Å². The Morgan fingerprint density at radius 1 is 1.16 bits per heavy atom. The van der Waals surface area contributed by atoms with Gasteiger partial charge in [-0.2, -0.15) is 0 Å². The number of morpholine rings is 1. The predicted octanol–water partition coefficient (Wildman–Crippen LogP) is 0.284. The van der Waals surface area contributed by atoms with Gasteiger partial charge < -0.3 is 14.5 Å². The van der Waals surface area contributed by atoms with Crippen LogP contribution in [0.2, 0.25) is 0 Å². The van der Waals surface area contributed by atoms with Crippen molar-refractivity contribution in [2.45, 2.75) is 19.9 Å². The SMILES string of the molecule is CC(C)CS(=O)(=O)NC[C@@H](c1ccc(N(C)C)cc1)[NH+]1CCOCC1. The quantitative estimate of drug-likeness (QED) is 0.690. The molecule has 0 saturated carbocycles. The van der Waals surface area contributed by atoms with Crippen LogP contribution < -0.4 is 14.5 Å². The molecule has 1 aliphatic heterocycles. The summed E-state index contributed by atoms with van der Waals surface area (Å²) in [5.74, 6) is 0.281. The molecule has 1 heterocycles. The number of nitrogens with zero attached hydrogens (tertiary/aromatic N) is 1. The number of anilines is 1. The molecule has 0 amide bonds. The number of ether oxygens (including phenoxy) is 1. The molecule has 2 N–H and O–H groups in total. The van der Waals surface area contributed by atoms with Crippen molar-refractivity contribution < 1.29 is 18.1 Å². The molecule has 25 heavy (non-hydrogen) atoms. The van der Waals surface area contributed by atoms with Crippen LogP contribution in [0.4, 0.5) is 5.69 Å². The van der Waals surface area contributed by atoms with Gasteiger partial charge in [0.2, 0.25) is 10.0 Å². The van der Waals surface area contributed by atoms with Crippen LogP contribution in [0, 0.1) is 5.92 Å². The molecule has 1 atom stereocenters. The maximum atomic E-state index is 12.3. The number of sulfonamides is 1. The average molecular weight is 371 g/mol. The fourth-order valence-corrected chi connectivity index (χ4v) is 4.61. The molecule has 6 nitrogen and oxygen atoms in total. The number of nitrogens with one attached hydrogen (secondary N) is 2. The number of hydrogen-bond acceptors (Lipinski definition) is 4. The third-order valence-corrected chi connectivity index (χ3v) is 6.21. The molecule has 0 spiro atoms. The second kappa shape index (κ2) is 8.98. The zero-order valence-corrected chi connectivity index (χ0v) is 16.6. The van der Waals surface area contributed by atoms with E-state index in [1.807, 2.05) is 27.9 Å². The summed E-state index contributed by atoms with van der Waals surface area (Å²) in [6.07, 6.45) is 0. The van der Waals surface area contributed by atoms with Gasteiger partial charge in [-0.15, -0.1) is 0 Å². The lowest BCUT2D eigenvalue weighted by molar-refractivity contribution is -0.937. The van der Waals surface area contributed by atoms with Gasteiger partial charge in [0.05, 0.1) is 25.5 Å². The van der Waals surface area contributed by atoms with Gasteiger partial charge in [-0.25, -0.2) is 13.1 Å². The van der Waals surface area contributed by atoms with Gasteiger partial charge in [0.25, 0.3) is 0 Å². The minimum absolute atomic E-state index is 0.0991. The average Bonchev–Trinajstić information content (AvgIpc) is 2.55. The normalized spacial score (nSPS) is 17.6. The van der Waals surface area contributed by atoms with Crippen molar-refractivity contribution in [2.24, 2.45) is 5.92 Å². The molecule has 142 valence electrons. The highest BCUT2D eigenvalue weighted by molar-refractivity contribution is 7.89. The van der Waals surface area contributed by atoms with Crippen LogP contribution in [0.3, 0.4) is 0 Å². The molecule has 0 aromatic heterocycles. The van der Waals surface area contributed by atoms with Crippen LogP contribution in [0.5, 0.6) is 0 Å². The summed E-state index contributed by atoms with van der Waals surface area (Å²) < 4.78 is 32.8. The Morgan fingerprint density at radius 3 is 2.28 bits per heavy atom. The second-order valence-corrected chi connectivity index (χ2v) is 9.18. The second-order valence-electron chi connectivity index (χ2n) is 7.33. The summed E-state index contributed by atoms with van der Waals surface area (Å²) in [5.41, 5.74) is 2.30. The Bertz CT molecular complexity index is 623. The van der Waals surface area contributed by atoms with E-state index < -0.39 is 10.0 Å². The number of benzene rings is 1. The minimum atomic E-state index is -3.25. The molecular weight excluding hydrogens is 338 g/mol. The smallest absolute Gasteiger partial charge is 0.212 e. The highest BCUT2D eigenvalue weighted by Crippen LogP contribution is 2.16. The van der Waals surface area contributed by atoms with Gasteiger partial charge in [0.1, 0.15) is 19.1 Å². The summed E-state index contributed by atoms with van der Waals surface area (Å²) >= 11 is 0. The van der Waals surface area contributed by atoms with Gasteiger partial charge in [-0.05, 0) is 18.1 Å². The first kappa shape index (κ1) is 20.2. The Hall–Kier alpha value is -1.15. The lowest BCUT2D eigenvalue weighted by Gasteiger charge is -2.32. The van der Waals surface area contributed by atoms with Crippen LogP contribution in [-0.2, 0) is 14.8 Å². The topological polar surface area (TPSA) is 63.1 Å². The van der Waals surface area contributed by atoms with Gasteiger partial charge in [0.15, 0.2) is 0 Å².